The van der Waals surface area contributed by atoms with Crippen LogP contribution in [0.25, 0.3) is 0 Å². The molecule has 2 aromatic rings. The molecule has 1 atom stereocenters. The summed E-state index contributed by atoms with van der Waals surface area (Å²) in [5.74, 6) is 0.507. The second-order valence-electron chi connectivity index (χ2n) is 4.55. The fraction of sp³-hybridized carbons (Fsp3) is 0.133. The van der Waals surface area contributed by atoms with Gasteiger partial charge in [0.15, 0.2) is 0 Å². The average Bonchev–Trinajstić information content (AvgIpc) is 2.85. The Morgan fingerprint density at radius 1 is 1.14 bits per heavy atom. The number of halogens is 3. The maximum absolute atomic E-state index is 12.3. The molecular weight excluding hydrogens is 393 g/mol. The molecule has 2 aromatic carbocycles. The van der Waals surface area contributed by atoms with Gasteiger partial charge in [-0.15, -0.1) is 11.8 Å². The number of rotatable bonds is 2. The highest BCUT2D eigenvalue weighted by atomic mass is 79.9. The number of nitrogens with zero attached hydrogens (tertiary/aromatic N) is 1. The normalized spacial score (nSPS) is 18.3. The third-order valence-corrected chi connectivity index (χ3v) is 5.78. The summed E-state index contributed by atoms with van der Waals surface area (Å²) < 4.78 is 0.975. The molecule has 0 saturated carbocycles. The fourth-order valence-electron chi connectivity index (χ4n) is 2.25. The molecular formula is C15H10BrCl2NOS. The van der Waals surface area contributed by atoms with Crippen LogP contribution < -0.4 is 4.90 Å². The summed E-state index contributed by atoms with van der Waals surface area (Å²) in [6.07, 6.45) is 0. The number of benzene rings is 2. The molecule has 0 spiro atoms. The van der Waals surface area contributed by atoms with E-state index >= 15 is 0 Å². The molecule has 0 radical (unpaired) electrons. The Bertz CT molecular complexity index is 693. The van der Waals surface area contributed by atoms with Crippen molar-refractivity contribution in [2.75, 3.05) is 10.7 Å². The van der Waals surface area contributed by atoms with Crippen molar-refractivity contribution in [3.05, 3.63) is 62.5 Å². The summed E-state index contributed by atoms with van der Waals surface area (Å²) >= 11 is 17.4. The molecule has 1 heterocycles. The molecule has 1 saturated heterocycles. The lowest BCUT2D eigenvalue weighted by Crippen LogP contribution is -2.27. The number of carbonyl (C=O) groups excluding carboxylic acids is 1. The maximum Gasteiger partial charge on any atom is 0.238 e. The van der Waals surface area contributed by atoms with Crippen LogP contribution in [0.2, 0.25) is 10.0 Å². The van der Waals surface area contributed by atoms with Crippen LogP contribution in [-0.4, -0.2) is 11.7 Å². The fourth-order valence-corrected chi connectivity index (χ4v) is 4.19. The van der Waals surface area contributed by atoms with E-state index in [4.69, 9.17) is 23.2 Å². The number of hydrogen-bond donors (Lipinski definition) is 0. The molecule has 2 nitrogen and oxygen atoms in total. The summed E-state index contributed by atoms with van der Waals surface area (Å²) in [5, 5.41) is 0.864. The Balaban J connectivity index is 2.03. The molecule has 1 aliphatic heterocycles. The summed E-state index contributed by atoms with van der Waals surface area (Å²) in [5.41, 5.74) is 1.72. The Kier molecular flexibility index (Phi) is 4.50. The van der Waals surface area contributed by atoms with E-state index in [-0.39, 0.29) is 11.3 Å². The van der Waals surface area contributed by atoms with Crippen molar-refractivity contribution < 1.29 is 4.79 Å². The second-order valence-corrected chi connectivity index (χ2v) is 7.32. The van der Waals surface area contributed by atoms with Crippen molar-refractivity contribution in [1.29, 1.82) is 0 Å². The minimum absolute atomic E-state index is 0.0726. The van der Waals surface area contributed by atoms with Gasteiger partial charge in [-0.3, -0.25) is 9.69 Å². The van der Waals surface area contributed by atoms with Gasteiger partial charge in [-0.2, -0.15) is 0 Å². The van der Waals surface area contributed by atoms with Gasteiger partial charge in [0, 0.05) is 15.7 Å². The Labute approximate surface area is 145 Å². The smallest absolute Gasteiger partial charge is 0.238 e. The lowest BCUT2D eigenvalue weighted by Gasteiger charge is -2.25. The molecule has 1 amide bonds. The Morgan fingerprint density at radius 2 is 1.86 bits per heavy atom. The van der Waals surface area contributed by atoms with E-state index in [1.165, 1.54) is 0 Å². The van der Waals surface area contributed by atoms with Gasteiger partial charge in [-0.1, -0.05) is 51.3 Å². The first-order valence-corrected chi connectivity index (χ1v) is 8.81. The van der Waals surface area contributed by atoms with E-state index in [1.807, 2.05) is 36.4 Å². The van der Waals surface area contributed by atoms with Crippen LogP contribution in [-0.2, 0) is 4.79 Å². The van der Waals surface area contributed by atoms with Crippen molar-refractivity contribution in [2.24, 2.45) is 0 Å². The van der Waals surface area contributed by atoms with Gasteiger partial charge in [-0.25, -0.2) is 0 Å². The molecule has 21 heavy (non-hydrogen) atoms. The molecule has 1 aliphatic rings. The summed E-state index contributed by atoms with van der Waals surface area (Å²) in [7, 11) is 0. The zero-order valence-electron chi connectivity index (χ0n) is 10.7. The SMILES string of the molecule is O=C1CS[C@H](c2cccc(Cl)c2Cl)N1c1ccc(Br)cc1. The number of thioether (sulfide) groups is 1. The monoisotopic (exact) mass is 401 g/mol. The number of anilines is 1. The number of hydrogen-bond acceptors (Lipinski definition) is 2. The van der Waals surface area contributed by atoms with E-state index < -0.39 is 0 Å². The van der Waals surface area contributed by atoms with Gasteiger partial charge in [0.05, 0.1) is 15.8 Å². The topological polar surface area (TPSA) is 20.3 Å². The third-order valence-electron chi connectivity index (χ3n) is 3.22. The molecule has 0 aliphatic carbocycles. The van der Waals surface area contributed by atoms with E-state index in [9.17, 15) is 4.79 Å². The van der Waals surface area contributed by atoms with Crippen LogP contribution in [0.5, 0.6) is 0 Å². The predicted molar refractivity (Wildman–Crippen MR) is 93.3 cm³/mol. The zero-order chi connectivity index (χ0) is 15.0. The third kappa shape index (κ3) is 2.95. The predicted octanol–water partition coefficient (Wildman–Crippen LogP) is 5.53. The van der Waals surface area contributed by atoms with Crippen molar-refractivity contribution in [3.8, 4) is 0 Å². The molecule has 0 aromatic heterocycles. The van der Waals surface area contributed by atoms with Crippen LogP contribution in [0.1, 0.15) is 10.9 Å². The van der Waals surface area contributed by atoms with Gasteiger partial charge >= 0.3 is 0 Å². The second kappa shape index (κ2) is 6.21. The standard InChI is InChI=1S/C15H10BrCl2NOS/c16-9-4-6-10(7-5-9)19-13(20)8-21-15(19)11-2-1-3-12(17)14(11)18/h1-7,15H,8H2/t15-/m1/s1. The Hall–Kier alpha value is -0.680. The molecule has 1 fully saturated rings. The van der Waals surface area contributed by atoms with Gasteiger partial charge in [0.2, 0.25) is 5.91 Å². The van der Waals surface area contributed by atoms with Gasteiger partial charge in [0.1, 0.15) is 5.37 Å². The van der Waals surface area contributed by atoms with Crippen LogP contribution in [0, 0.1) is 0 Å². The highest BCUT2D eigenvalue weighted by Gasteiger charge is 2.35. The van der Waals surface area contributed by atoms with Gasteiger partial charge in [-0.05, 0) is 30.3 Å². The van der Waals surface area contributed by atoms with Crippen molar-refractivity contribution in [2.45, 2.75) is 5.37 Å². The quantitative estimate of drug-likeness (QED) is 0.657. The molecule has 108 valence electrons. The zero-order valence-corrected chi connectivity index (χ0v) is 14.6. The maximum atomic E-state index is 12.3. The average molecular weight is 403 g/mol. The van der Waals surface area contributed by atoms with Gasteiger partial charge in [0.25, 0.3) is 0 Å². The van der Waals surface area contributed by atoms with E-state index in [0.29, 0.717) is 15.8 Å². The van der Waals surface area contributed by atoms with Crippen molar-refractivity contribution >= 4 is 62.5 Å². The van der Waals surface area contributed by atoms with Crippen molar-refractivity contribution in [3.63, 3.8) is 0 Å². The highest BCUT2D eigenvalue weighted by molar-refractivity contribution is 9.10. The first kappa shape index (κ1) is 15.2. The molecule has 0 bridgehead atoms. The summed E-state index contributed by atoms with van der Waals surface area (Å²) in [6.45, 7) is 0. The van der Waals surface area contributed by atoms with Crippen LogP contribution in [0.15, 0.2) is 46.9 Å². The summed E-state index contributed by atoms with van der Waals surface area (Å²) in [4.78, 5) is 14.0. The first-order chi connectivity index (χ1) is 10.1. The molecule has 0 N–H and O–H groups in total. The summed E-state index contributed by atoms with van der Waals surface area (Å²) in [6, 6.07) is 13.2. The van der Waals surface area contributed by atoms with Gasteiger partial charge < -0.3 is 0 Å². The number of amides is 1. The molecule has 3 rings (SSSR count). The van der Waals surface area contributed by atoms with Crippen LogP contribution in [0.4, 0.5) is 5.69 Å². The van der Waals surface area contributed by atoms with E-state index in [0.717, 1.165) is 15.7 Å². The van der Waals surface area contributed by atoms with Crippen molar-refractivity contribution in [1.82, 2.24) is 0 Å². The first-order valence-electron chi connectivity index (χ1n) is 6.21. The molecule has 6 heteroatoms. The Morgan fingerprint density at radius 3 is 2.57 bits per heavy atom. The largest absolute Gasteiger partial charge is 0.295 e. The lowest BCUT2D eigenvalue weighted by molar-refractivity contribution is -0.115. The highest BCUT2D eigenvalue weighted by Crippen LogP contribution is 2.45. The minimum Gasteiger partial charge on any atom is -0.295 e. The number of carbonyl (C=O) groups is 1. The van der Waals surface area contributed by atoms with E-state index in [2.05, 4.69) is 15.9 Å². The van der Waals surface area contributed by atoms with E-state index in [1.54, 1.807) is 22.7 Å². The lowest BCUT2D eigenvalue weighted by atomic mass is 10.2. The minimum atomic E-state index is -0.148. The van der Waals surface area contributed by atoms with Crippen LogP contribution >= 0.6 is 50.9 Å². The van der Waals surface area contributed by atoms with Crippen LogP contribution in [0.3, 0.4) is 0 Å². The molecule has 0 unspecified atom stereocenters.